The second-order valence-electron chi connectivity index (χ2n) is 9.11. The molecule has 0 saturated carbocycles. The van der Waals surface area contributed by atoms with Gasteiger partial charge in [0.25, 0.3) is 0 Å². The lowest BCUT2D eigenvalue weighted by Crippen LogP contribution is -2.67. The van der Waals surface area contributed by atoms with Crippen molar-refractivity contribution in [3.05, 3.63) is 90.1 Å². The van der Waals surface area contributed by atoms with Crippen LogP contribution in [0.5, 0.6) is 0 Å². The lowest BCUT2D eigenvalue weighted by atomic mass is 9.71. The van der Waals surface area contributed by atoms with Crippen molar-refractivity contribution in [2.45, 2.75) is 31.5 Å². The standard InChI is InChI=1S/C26H27F2N2O/c1-2-17-15-30(16-19-6-5-8-22(27)25(19)28)13-11-18(17)14-24(30)26(31)21-10-12-29-23-9-4-3-7-20(21)23/h2-10,12,17-18,24,26,31H,1,11,13-16H2/q+1/t17-,18-,24-,26+,30-/m0/s1. The third-order valence-electron chi connectivity index (χ3n) is 7.56. The van der Waals surface area contributed by atoms with Gasteiger partial charge < -0.3 is 9.59 Å². The minimum absolute atomic E-state index is 0.0941. The summed E-state index contributed by atoms with van der Waals surface area (Å²) in [5.74, 6) is -0.814. The number of aromatic nitrogens is 1. The van der Waals surface area contributed by atoms with Gasteiger partial charge in [0.15, 0.2) is 11.6 Å². The first kappa shape index (κ1) is 20.3. The van der Waals surface area contributed by atoms with Gasteiger partial charge in [-0.15, -0.1) is 6.58 Å². The largest absolute Gasteiger partial charge is 0.382 e. The molecule has 0 aliphatic carbocycles. The van der Waals surface area contributed by atoms with Gasteiger partial charge in [0.05, 0.1) is 18.6 Å². The topological polar surface area (TPSA) is 33.1 Å². The van der Waals surface area contributed by atoms with E-state index in [1.807, 2.05) is 36.4 Å². The predicted molar refractivity (Wildman–Crippen MR) is 117 cm³/mol. The number of aliphatic hydroxyl groups excluding tert-OH is 1. The van der Waals surface area contributed by atoms with Crippen LogP contribution in [0.1, 0.15) is 30.1 Å². The molecule has 3 aromatic rings. The quantitative estimate of drug-likeness (QED) is 0.456. The Bertz CT molecular complexity index is 1130. The van der Waals surface area contributed by atoms with E-state index in [9.17, 15) is 13.9 Å². The molecule has 3 aliphatic heterocycles. The van der Waals surface area contributed by atoms with Gasteiger partial charge in [0.1, 0.15) is 18.7 Å². The summed E-state index contributed by atoms with van der Waals surface area (Å²) in [6.07, 6.45) is 4.88. The third-order valence-corrected chi connectivity index (χ3v) is 7.56. The van der Waals surface area contributed by atoms with Gasteiger partial charge in [-0.2, -0.15) is 0 Å². The molecule has 0 unspecified atom stereocenters. The molecule has 2 bridgehead atoms. The van der Waals surface area contributed by atoms with Crippen molar-refractivity contribution in [3.63, 3.8) is 0 Å². The first-order valence-corrected chi connectivity index (χ1v) is 11.0. The number of hydrogen-bond donors (Lipinski definition) is 1. The molecule has 1 aromatic heterocycles. The van der Waals surface area contributed by atoms with Crippen LogP contribution in [-0.2, 0) is 6.54 Å². The van der Waals surface area contributed by atoms with Crippen LogP contribution < -0.4 is 0 Å². The van der Waals surface area contributed by atoms with Gasteiger partial charge in [0.2, 0.25) is 0 Å². The lowest BCUT2D eigenvalue weighted by molar-refractivity contribution is -0.985. The first-order chi connectivity index (χ1) is 15.0. The molecule has 160 valence electrons. The van der Waals surface area contributed by atoms with Gasteiger partial charge in [-0.1, -0.05) is 36.4 Å². The zero-order valence-electron chi connectivity index (χ0n) is 17.4. The number of halogens is 2. The number of nitrogens with zero attached hydrogens (tertiary/aromatic N) is 2. The summed E-state index contributed by atoms with van der Waals surface area (Å²) in [5, 5.41) is 12.6. The predicted octanol–water partition coefficient (Wildman–Crippen LogP) is 5.16. The monoisotopic (exact) mass is 421 g/mol. The summed E-state index contributed by atoms with van der Waals surface area (Å²) in [6, 6.07) is 14.0. The molecule has 0 amide bonds. The number of aliphatic hydroxyl groups is 1. The van der Waals surface area contributed by atoms with Crippen LogP contribution >= 0.6 is 0 Å². The van der Waals surface area contributed by atoms with Crippen molar-refractivity contribution < 1.29 is 18.4 Å². The smallest absolute Gasteiger partial charge is 0.167 e. The Morgan fingerprint density at radius 1 is 1.16 bits per heavy atom. The van der Waals surface area contributed by atoms with Gasteiger partial charge in [-0.25, -0.2) is 8.78 Å². The van der Waals surface area contributed by atoms with E-state index in [1.54, 1.807) is 18.3 Å². The average molecular weight is 422 g/mol. The van der Waals surface area contributed by atoms with E-state index in [1.165, 1.54) is 0 Å². The summed E-state index contributed by atoms with van der Waals surface area (Å²) >= 11 is 0. The highest BCUT2D eigenvalue weighted by molar-refractivity contribution is 5.82. The molecule has 3 aliphatic rings. The molecule has 4 heterocycles. The number of para-hydroxylation sites is 1. The number of piperidine rings is 3. The fraction of sp³-hybridized carbons (Fsp3) is 0.346. The van der Waals surface area contributed by atoms with Crippen LogP contribution in [0.25, 0.3) is 10.9 Å². The summed E-state index contributed by atoms with van der Waals surface area (Å²) in [7, 11) is 0. The van der Waals surface area contributed by atoms with Gasteiger partial charge >= 0.3 is 0 Å². The van der Waals surface area contributed by atoms with Crippen molar-refractivity contribution >= 4 is 10.9 Å². The Hall–Kier alpha value is -2.63. The van der Waals surface area contributed by atoms with Crippen molar-refractivity contribution in [1.82, 2.24) is 4.98 Å². The molecule has 5 heteroatoms. The fourth-order valence-electron chi connectivity index (χ4n) is 5.97. The van der Waals surface area contributed by atoms with Crippen LogP contribution in [-0.4, -0.2) is 33.7 Å². The summed E-state index contributed by atoms with van der Waals surface area (Å²) in [5.41, 5.74) is 2.08. The Kier molecular flexibility index (Phi) is 5.11. The molecule has 3 saturated heterocycles. The second-order valence-corrected chi connectivity index (χ2v) is 9.11. The lowest BCUT2D eigenvalue weighted by Gasteiger charge is -2.58. The third kappa shape index (κ3) is 3.36. The maximum atomic E-state index is 14.6. The SMILES string of the molecule is C=C[C@H]1C[N@+]2(Cc3cccc(F)c3F)CC[C@H]1C[C@H]2[C@H](O)c1ccnc2ccccc12. The van der Waals surface area contributed by atoms with Gasteiger partial charge in [-0.3, -0.25) is 4.98 Å². The molecule has 3 nitrogen and oxygen atoms in total. The molecule has 31 heavy (non-hydrogen) atoms. The number of quaternary nitrogens is 1. The van der Waals surface area contributed by atoms with E-state index in [0.29, 0.717) is 28.4 Å². The fourth-order valence-corrected chi connectivity index (χ4v) is 5.97. The number of pyridine rings is 1. The van der Waals surface area contributed by atoms with Crippen molar-refractivity contribution in [2.75, 3.05) is 13.1 Å². The van der Waals surface area contributed by atoms with E-state index in [2.05, 4.69) is 11.6 Å². The van der Waals surface area contributed by atoms with Crippen LogP contribution in [0.4, 0.5) is 8.78 Å². The zero-order valence-corrected chi connectivity index (χ0v) is 17.4. The zero-order chi connectivity index (χ0) is 21.6. The Labute approximate surface area is 181 Å². The number of rotatable bonds is 5. The highest BCUT2D eigenvalue weighted by atomic mass is 19.2. The van der Waals surface area contributed by atoms with E-state index in [-0.39, 0.29) is 6.04 Å². The molecule has 0 radical (unpaired) electrons. The van der Waals surface area contributed by atoms with Crippen LogP contribution in [0, 0.1) is 23.5 Å². The van der Waals surface area contributed by atoms with E-state index >= 15 is 0 Å². The van der Waals surface area contributed by atoms with E-state index < -0.39 is 17.7 Å². The molecular formula is C26H27F2N2O+. The number of fused-ring (bicyclic) bond motifs is 4. The number of hydrogen-bond acceptors (Lipinski definition) is 2. The van der Waals surface area contributed by atoms with Crippen molar-refractivity contribution in [3.8, 4) is 0 Å². The first-order valence-electron chi connectivity index (χ1n) is 11.0. The molecular weight excluding hydrogens is 394 g/mol. The number of benzene rings is 2. The van der Waals surface area contributed by atoms with Crippen LogP contribution in [0.2, 0.25) is 0 Å². The van der Waals surface area contributed by atoms with Crippen LogP contribution in [0.3, 0.4) is 0 Å². The molecule has 6 rings (SSSR count). The molecule has 1 N–H and O–H groups in total. The van der Waals surface area contributed by atoms with E-state index in [0.717, 1.165) is 48.5 Å². The minimum Gasteiger partial charge on any atom is -0.382 e. The summed E-state index contributed by atoms with van der Waals surface area (Å²) in [6.45, 7) is 6.02. The second kappa shape index (κ2) is 7.81. The van der Waals surface area contributed by atoms with Gasteiger partial charge in [-0.05, 0) is 29.7 Å². The summed E-state index contributed by atoms with van der Waals surface area (Å²) < 4.78 is 29.1. The molecule has 5 atom stereocenters. The average Bonchev–Trinajstić information content (AvgIpc) is 2.81. The molecule has 0 spiro atoms. The Morgan fingerprint density at radius 3 is 2.84 bits per heavy atom. The Balaban J connectivity index is 1.57. The maximum Gasteiger partial charge on any atom is 0.167 e. The summed E-state index contributed by atoms with van der Waals surface area (Å²) in [4.78, 5) is 4.43. The Morgan fingerprint density at radius 2 is 2.00 bits per heavy atom. The van der Waals surface area contributed by atoms with Crippen molar-refractivity contribution in [1.29, 1.82) is 0 Å². The van der Waals surface area contributed by atoms with Crippen molar-refractivity contribution in [2.24, 2.45) is 11.8 Å². The highest BCUT2D eigenvalue weighted by Crippen LogP contribution is 2.48. The van der Waals surface area contributed by atoms with Crippen LogP contribution in [0.15, 0.2) is 67.4 Å². The molecule has 2 aromatic carbocycles. The highest BCUT2D eigenvalue weighted by Gasteiger charge is 2.54. The van der Waals surface area contributed by atoms with Gasteiger partial charge in [0, 0.05) is 35.9 Å². The van der Waals surface area contributed by atoms with E-state index in [4.69, 9.17) is 0 Å². The molecule has 3 fully saturated rings. The maximum absolute atomic E-state index is 14.6. The normalized spacial score (nSPS) is 28.5. The minimum atomic E-state index is -0.819.